The first-order valence-electron chi connectivity index (χ1n) is 11.4. The van der Waals surface area contributed by atoms with Crippen molar-refractivity contribution in [3.05, 3.63) is 88.3 Å². The van der Waals surface area contributed by atoms with Crippen LogP contribution < -0.4 is 10.2 Å². The van der Waals surface area contributed by atoms with Crippen LogP contribution >= 0.6 is 11.6 Å². The molecule has 1 atom stereocenters. The Morgan fingerprint density at radius 3 is 2.94 bits per heavy atom. The zero-order chi connectivity index (χ0) is 23.1. The summed E-state index contributed by atoms with van der Waals surface area (Å²) in [6, 6.07) is 16.2. The number of halogens is 1. The Labute approximate surface area is 202 Å². The second kappa shape index (κ2) is 8.74. The van der Waals surface area contributed by atoms with Crippen molar-refractivity contribution in [1.82, 2.24) is 20.1 Å². The molecule has 8 heteroatoms. The number of fused-ring (bicyclic) bond motifs is 1. The van der Waals surface area contributed by atoms with Gasteiger partial charge in [0.05, 0.1) is 29.9 Å². The van der Waals surface area contributed by atoms with E-state index in [2.05, 4.69) is 39.8 Å². The van der Waals surface area contributed by atoms with E-state index in [1.165, 1.54) is 18.4 Å². The van der Waals surface area contributed by atoms with E-state index in [0.717, 1.165) is 27.4 Å². The molecule has 7 nitrogen and oxygen atoms in total. The van der Waals surface area contributed by atoms with Crippen LogP contribution in [0.15, 0.2) is 66.0 Å². The normalized spacial score (nSPS) is 17.9. The van der Waals surface area contributed by atoms with Crippen molar-refractivity contribution in [2.75, 3.05) is 6.61 Å². The first kappa shape index (κ1) is 21.1. The fraction of sp³-hybridized carbons (Fsp3) is 0.269. The van der Waals surface area contributed by atoms with E-state index in [0.29, 0.717) is 36.2 Å². The molecule has 0 unspecified atom stereocenters. The van der Waals surface area contributed by atoms with Crippen LogP contribution in [0.1, 0.15) is 41.0 Å². The monoisotopic (exact) mass is 473 g/mol. The van der Waals surface area contributed by atoms with Crippen LogP contribution in [0.3, 0.4) is 0 Å². The van der Waals surface area contributed by atoms with Crippen LogP contribution in [0.25, 0.3) is 5.52 Å². The van der Waals surface area contributed by atoms with Crippen molar-refractivity contribution in [3.8, 4) is 11.6 Å². The van der Waals surface area contributed by atoms with Crippen molar-refractivity contribution in [2.24, 2.45) is 4.99 Å². The predicted molar refractivity (Wildman–Crippen MR) is 131 cm³/mol. The minimum absolute atomic E-state index is 0.0939. The van der Waals surface area contributed by atoms with Gasteiger partial charge in [0.1, 0.15) is 12.1 Å². The summed E-state index contributed by atoms with van der Waals surface area (Å²) in [5.74, 6) is 2.39. The molecule has 172 valence electrons. The van der Waals surface area contributed by atoms with Gasteiger partial charge in [0, 0.05) is 5.02 Å². The minimum Gasteiger partial charge on any atom is -0.437 e. The molecule has 2 aliphatic rings. The summed E-state index contributed by atoms with van der Waals surface area (Å²) in [7, 11) is 0. The molecule has 2 aromatic carbocycles. The lowest BCUT2D eigenvalue weighted by atomic mass is 10.0. The maximum Gasteiger partial charge on any atom is 0.248 e. The largest absolute Gasteiger partial charge is 0.437 e. The molecule has 4 aromatic rings. The van der Waals surface area contributed by atoms with Crippen molar-refractivity contribution >= 4 is 23.0 Å². The zero-order valence-corrected chi connectivity index (χ0v) is 19.5. The second-order valence-corrected chi connectivity index (χ2v) is 9.33. The van der Waals surface area contributed by atoms with Crippen LogP contribution in [0.4, 0.5) is 0 Å². The van der Waals surface area contributed by atoms with Crippen LogP contribution in [-0.4, -0.2) is 33.1 Å². The number of hydroxylamine groups is 1. The van der Waals surface area contributed by atoms with Gasteiger partial charge in [-0.3, -0.25) is 9.83 Å². The minimum atomic E-state index is -0.0939. The van der Waals surface area contributed by atoms with Crippen molar-refractivity contribution in [1.29, 1.82) is 0 Å². The van der Waals surface area contributed by atoms with E-state index in [9.17, 15) is 0 Å². The average Bonchev–Trinajstić information content (AvgIpc) is 3.59. The molecule has 1 N–H and O–H groups in total. The van der Waals surface area contributed by atoms with Gasteiger partial charge in [-0.25, -0.2) is 15.0 Å². The summed E-state index contributed by atoms with van der Waals surface area (Å²) in [6.45, 7) is 2.47. The molecule has 1 saturated carbocycles. The highest BCUT2D eigenvalue weighted by molar-refractivity contribution is 6.31. The number of aliphatic imine (C=N–C) groups is 1. The molecule has 0 bridgehead atoms. The highest BCUT2D eigenvalue weighted by atomic mass is 35.5. The standard InChI is InChI=1S/C26H24ClN5O2/c1-16-5-6-19(24(27)9-16)10-20-14-33-31-25(29-20)23-12-21-13-28-15-32(21)30-26(23)34-22-4-2-3-18(11-22)17-7-8-17/h2-6,9,11-13,15,17,20H,7-8,10,14H2,1H3,(H,29,31)/t20-/m1/s1. The summed E-state index contributed by atoms with van der Waals surface area (Å²) >= 11 is 6.47. The molecule has 34 heavy (non-hydrogen) atoms. The number of amidine groups is 1. The van der Waals surface area contributed by atoms with E-state index in [-0.39, 0.29) is 6.04 Å². The van der Waals surface area contributed by atoms with Gasteiger partial charge in [0.2, 0.25) is 5.88 Å². The number of nitrogens with one attached hydrogen (secondary N) is 1. The number of rotatable bonds is 6. The predicted octanol–water partition coefficient (Wildman–Crippen LogP) is 5.25. The molecule has 0 radical (unpaired) electrons. The molecule has 2 aromatic heterocycles. The number of hydrogen-bond donors (Lipinski definition) is 1. The van der Waals surface area contributed by atoms with E-state index >= 15 is 0 Å². The van der Waals surface area contributed by atoms with Crippen molar-refractivity contribution in [3.63, 3.8) is 0 Å². The first-order valence-corrected chi connectivity index (χ1v) is 11.8. The Kier molecular flexibility index (Phi) is 5.43. The highest BCUT2D eigenvalue weighted by Gasteiger charge is 2.25. The fourth-order valence-electron chi connectivity index (χ4n) is 4.21. The van der Waals surface area contributed by atoms with Crippen molar-refractivity contribution < 1.29 is 9.57 Å². The third-order valence-corrected chi connectivity index (χ3v) is 6.52. The molecule has 6 rings (SSSR count). The van der Waals surface area contributed by atoms with Gasteiger partial charge >= 0.3 is 0 Å². The van der Waals surface area contributed by atoms with E-state index in [4.69, 9.17) is 26.2 Å². The van der Waals surface area contributed by atoms with Crippen LogP contribution in [0.5, 0.6) is 11.6 Å². The third-order valence-electron chi connectivity index (χ3n) is 6.17. The summed E-state index contributed by atoms with van der Waals surface area (Å²) in [4.78, 5) is 14.9. The average molecular weight is 474 g/mol. The number of hydrogen-bond acceptors (Lipinski definition) is 6. The van der Waals surface area contributed by atoms with Gasteiger partial charge in [-0.05, 0) is 73.1 Å². The van der Waals surface area contributed by atoms with Gasteiger partial charge < -0.3 is 4.74 Å². The van der Waals surface area contributed by atoms with Crippen LogP contribution in [0.2, 0.25) is 5.02 Å². The quantitative estimate of drug-likeness (QED) is 0.414. The first-order chi connectivity index (χ1) is 16.6. The van der Waals surface area contributed by atoms with Gasteiger partial charge in [0.15, 0.2) is 5.84 Å². The lowest BCUT2D eigenvalue weighted by Crippen LogP contribution is -2.37. The van der Waals surface area contributed by atoms with E-state index in [1.807, 2.05) is 31.2 Å². The smallest absolute Gasteiger partial charge is 0.248 e. The van der Waals surface area contributed by atoms with Gasteiger partial charge in [-0.1, -0.05) is 35.9 Å². The zero-order valence-electron chi connectivity index (χ0n) is 18.7. The number of imidazole rings is 1. The lowest BCUT2D eigenvalue weighted by molar-refractivity contribution is 0.0623. The number of aromatic nitrogens is 3. The topological polar surface area (TPSA) is 73.0 Å². The van der Waals surface area contributed by atoms with Gasteiger partial charge in [-0.2, -0.15) is 0 Å². The lowest BCUT2D eigenvalue weighted by Gasteiger charge is -2.23. The van der Waals surface area contributed by atoms with Crippen molar-refractivity contribution in [2.45, 2.75) is 38.1 Å². The summed E-state index contributed by atoms with van der Waals surface area (Å²) in [6.07, 6.45) is 6.55. The number of nitrogens with zero attached hydrogens (tertiary/aromatic N) is 4. The molecular formula is C26H24ClN5O2. The number of aryl methyl sites for hydroxylation is 1. The number of ether oxygens (including phenoxy) is 1. The Balaban J connectivity index is 1.34. The molecule has 0 amide bonds. The highest BCUT2D eigenvalue weighted by Crippen LogP contribution is 2.41. The van der Waals surface area contributed by atoms with Gasteiger partial charge in [0.25, 0.3) is 0 Å². The Morgan fingerprint density at radius 1 is 1.18 bits per heavy atom. The molecule has 1 aliphatic heterocycles. The Morgan fingerprint density at radius 2 is 2.09 bits per heavy atom. The van der Waals surface area contributed by atoms with E-state index < -0.39 is 0 Å². The Hall–Kier alpha value is -3.42. The molecule has 0 spiro atoms. The summed E-state index contributed by atoms with van der Waals surface area (Å²) in [5.41, 5.74) is 7.99. The van der Waals surface area contributed by atoms with E-state index in [1.54, 1.807) is 17.0 Å². The maximum atomic E-state index is 6.47. The molecular weight excluding hydrogens is 450 g/mol. The number of benzene rings is 2. The molecule has 0 saturated heterocycles. The molecule has 1 aliphatic carbocycles. The SMILES string of the molecule is Cc1ccc(C[C@@H]2CONC(c3cc4cncn4nc3Oc3cccc(C4CC4)c3)=N2)c(Cl)c1. The summed E-state index contributed by atoms with van der Waals surface area (Å²) < 4.78 is 7.98. The Bertz CT molecular complexity index is 1400. The maximum absolute atomic E-state index is 6.47. The van der Waals surface area contributed by atoms with Crippen LogP contribution in [-0.2, 0) is 11.3 Å². The summed E-state index contributed by atoms with van der Waals surface area (Å²) in [5, 5.41) is 5.41. The fourth-order valence-corrected chi connectivity index (χ4v) is 4.52. The third kappa shape index (κ3) is 4.36. The van der Waals surface area contributed by atoms with Gasteiger partial charge in [-0.15, -0.1) is 5.10 Å². The molecule has 1 fully saturated rings. The molecule has 3 heterocycles. The second-order valence-electron chi connectivity index (χ2n) is 8.92. The van der Waals surface area contributed by atoms with Crippen LogP contribution in [0, 0.1) is 6.92 Å².